The summed E-state index contributed by atoms with van der Waals surface area (Å²) in [6.45, 7) is 2.73. The van der Waals surface area contributed by atoms with E-state index in [1.807, 2.05) is 0 Å². The van der Waals surface area contributed by atoms with Crippen molar-refractivity contribution in [3.63, 3.8) is 0 Å². The van der Waals surface area contributed by atoms with E-state index < -0.39 is 0 Å². The third-order valence-electron chi connectivity index (χ3n) is 5.24. The first-order chi connectivity index (χ1) is 10.1. The number of hydrogen-bond donors (Lipinski definition) is 1. The summed E-state index contributed by atoms with van der Waals surface area (Å²) in [5.74, 6) is 0.285. The van der Waals surface area contributed by atoms with Crippen LogP contribution >= 0.6 is 0 Å². The molecular weight excluding hydrogens is 266 g/mol. The zero-order valence-corrected chi connectivity index (χ0v) is 13.3. The molecule has 0 radical (unpaired) electrons. The van der Waals surface area contributed by atoms with Gasteiger partial charge in [-0.2, -0.15) is 0 Å². The van der Waals surface area contributed by atoms with Gasteiger partial charge >= 0.3 is 0 Å². The summed E-state index contributed by atoms with van der Waals surface area (Å²) in [4.78, 5) is 26.4. The van der Waals surface area contributed by atoms with Crippen molar-refractivity contribution in [3.8, 4) is 0 Å². The van der Waals surface area contributed by atoms with Gasteiger partial charge in [0.25, 0.3) is 0 Å². The van der Waals surface area contributed by atoms with Crippen molar-refractivity contribution in [2.24, 2.45) is 11.3 Å². The van der Waals surface area contributed by atoms with Crippen LogP contribution < -0.4 is 0 Å². The molecule has 21 heavy (non-hydrogen) atoms. The molecule has 1 N–H and O–H groups in total. The van der Waals surface area contributed by atoms with E-state index in [1.54, 1.807) is 0 Å². The van der Waals surface area contributed by atoms with E-state index in [4.69, 9.17) is 5.11 Å². The number of hydrogen-bond acceptors (Lipinski definition) is 3. The summed E-state index contributed by atoms with van der Waals surface area (Å²) < 4.78 is 0. The Morgan fingerprint density at radius 2 is 1.71 bits per heavy atom. The highest BCUT2D eigenvalue weighted by atomic mass is 16.3. The summed E-state index contributed by atoms with van der Waals surface area (Å²) in [6.07, 6.45) is 9.38. The molecule has 1 unspecified atom stereocenters. The fourth-order valence-corrected chi connectivity index (χ4v) is 4.07. The Hall–Kier alpha value is -0.900. The molecule has 0 aromatic rings. The highest BCUT2D eigenvalue weighted by Crippen LogP contribution is 2.45. The van der Waals surface area contributed by atoms with Gasteiger partial charge in [0.15, 0.2) is 0 Å². The normalized spacial score (nSPS) is 23.6. The van der Waals surface area contributed by atoms with Gasteiger partial charge in [-0.15, -0.1) is 0 Å². The minimum absolute atomic E-state index is 0.0205. The maximum absolute atomic E-state index is 12.5. The summed E-state index contributed by atoms with van der Waals surface area (Å²) >= 11 is 0. The van der Waals surface area contributed by atoms with Crippen LogP contribution in [-0.4, -0.2) is 35.0 Å². The van der Waals surface area contributed by atoms with Crippen LogP contribution in [0.2, 0.25) is 0 Å². The lowest BCUT2D eigenvalue weighted by molar-refractivity contribution is -0.155. The van der Waals surface area contributed by atoms with Gasteiger partial charge in [0.2, 0.25) is 11.8 Å². The first-order valence-electron chi connectivity index (χ1n) is 8.54. The van der Waals surface area contributed by atoms with Crippen LogP contribution in [0.1, 0.15) is 71.1 Å². The number of amides is 2. The smallest absolute Gasteiger partial charge is 0.229 e. The van der Waals surface area contributed by atoms with E-state index in [-0.39, 0.29) is 29.8 Å². The van der Waals surface area contributed by atoms with Gasteiger partial charge in [0.1, 0.15) is 0 Å². The molecule has 0 bridgehead atoms. The molecule has 120 valence electrons. The molecule has 4 nitrogen and oxygen atoms in total. The van der Waals surface area contributed by atoms with E-state index in [0.29, 0.717) is 25.8 Å². The molecule has 1 aliphatic heterocycles. The molecule has 2 aliphatic rings. The minimum atomic E-state index is -0.0276. The molecule has 1 heterocycles. The monoisotopic (exact) mass is 295 g/mol. The number of rotatable bonds is 6. The lowest BCUT2D eigenvalue weighted by atomic mass is 9.67. The van der Waals surface area contributed by atoms with Crippen molar-refractivity contribution in [1.82, 2.24) is 4.90 Å². The zero-order chi connectivity index (χ0) is 15.3. The van der Waals surface area contributed by atoms with E-state index in [1.165, 1.54) is 11.3 Å². The second kappa shape index (κ2) is 7.39. The third-order valence-corrected chi connectivity index (χ3v) is 5.24. The van der Waals surface area contributed by atoms with Gasteiger partial charge in [0, 0.05) is 26.0 Å². The summed E-state index contributed by atoms with van der Waals surface area (Å²) in [6, 6.07) is 0. The van der Waals surface area contributed by atoms with Gasteiger partial charge in [-0.05, 0) is 37.0 Å². The number of aliphatic hydroxyl groups is 1. The largest absolute Gasteiger partial charge is 0.396 e. The lowest BCUT2D eigenvalue weighted by Gasteiger charge is -2.43. The molecule has 0 aromatic carbocycles. The second-order valence-corrected chi connectivity index (χ2v) is 6.98. The molecule has 1 saturated carbocycles. The van der Waals surface area contributed by atoms with E-state index >= 15 is 0 Å². The van der Waals surface area contributed by atoms with Crippen molar-refractivity contribution in [3.05, 3.63) is 0 Å². The maximum atomic E-state index is 12.5. The van der Waals surface area contributed by atoms with Crippen LogP contribution in [0, 0.1) is 11.3 Å². The Morgan fingerprint density at radius 1 is 1.10 bits per heavy atom. The molecule has 0 aromatic heterocycles. The number of nitrogens with zero attached hydrogens (tertiary/aromatic N) is 1. The van der Waals surface area contributed by atoms with Gasteiger partial charge in [0.05, 0.1) is 0 Å². The SMILES string of the molecule is CCCC(CCO)CN1C(=O)CC2(CCCCC2)CC1=O. The van der Waals surface area contributed by atoms with Crippen molar-refractivity contribution >= 4 is 11.8 Å². The fourth-order valence-electron chi connectivity index (χ4n) is 4.07. The van der Waals surface area contributed by atoms with Crippen molar-refractivity contribution in [2.75, 3.05) is 13.2 Å². The first-order valence-corrected chi connectivity index (χ1v) is 8.54. The molecule has 1 atom stereocenters. The van der Waals surface area contributed by atoms with E-state index in [9.17, 15) is 9.59 Å². The topological polar surface area (TPSA) is 57.6 Å². The molecular formula is C17H29NO3. The Kier molecular flexibility index (Phi) is 5.80. The number of aliphatic hydroxyl groups excluding tert-OH is 1. The number of imide groups is 1. The lowest BCUT2D eigenvalue weighted by Crippen LogP contribution is -2.50. The number of piperidine rings is 1. The molecule has 1 aliphatic carbocycles. The molecule has 2 amide bonds. The van der Waals surface area contributed by atoms with E-state index in [0.717, 1.165) is 38.5 Å². The molecule has 2 fully saturated rings. The summed E-state index contributed by atoms with van der Waals surface area (Å²) in [5, 5.41) is 9.13. The third kappa shape index (κ3) is 4.06. The van der Waals surface area contributed by atoms with Gasteiger partial charge < -0.3 is 5.11 Å². The highest BCUT2D eigenvalue weighted by molar-refractivity contribution is 5.98. The average Bonchev–Trinajstić information content (AvgIpc) is 2.44. The Balaban J connectivity index is 1.99. The van der Waals surface area contributed by atoms with Gasteiger partial charge in [-0.25, -0.2) is 0 Å². The van der Waals surface area contributed by atoms with Crippen LogP contribution in [0.4, 0.5) is 0 Å². The quantitative estimate of drug-likeness (QED) is 0.767. The van der Waals surface area contributed by atoms with Gasteiger partial charge in [-0.1, -0.05) is 32.6 Å². The second-order valence-electron chi connectivity index (χ2n) is 6.98. The first kappa shape index (κ1) is 16.5. The number of likely N-dealkylation sites (tertiary alicyclic amines) is 1. The zero-order valence-electron chi connectivity index (χ0n) is 13.3. The van der Waals surface area contributed by atoms with Crippen LogP contribution in [0.15, 0.2) is 0 Å². The maximum Gasteiger partial charge on any atom is 0.229 e. The Bertz CT molecular complexity index is 348. The molecule has 2 rings (SSSR count). The predicted octanol–water partition coefficient (Wildman–Crippen LogP) is 2.88. The minimum Gasteiger partial charge on any atom is -0.396 e. The summed E-state index contributed by atoms with van der Waals surface area (Å²) in [7, 11) is 0. The Morgan fingerprint density at radius 3 is 2.24 bits per heavy atom. The van der Waals surface area contributed by atoms with Crippen molar-refractivity contribution < 1.29 is 14.7 Å². The Labute approximate surface area is 127 Å². The fraction of sp³-hybridized carbons (Fsp3) is 0.882. The van der Waals surface area contributed by atoms with Crippen molar-refractivity contribution in [2.45, 2.75) is 71.1 Å². The predicted molar refractivity (Wildman–Crippen MR) is 81.6 cm³/mol. The number of carbonyl (C=O) groups is 2. The summed E-state index contributed by atoms with van der Waals surface area (Å²) in [5.41, 5.74) is -0.0276. The molecule has 4 heteroatoms. The average molecular weight is 295 g/mol. The van der Waals surface area contributed by atoms with Gasteiger partial charge in [-0.3, -0.25) is 14.5 Å². The molecule has 1 spiro atoms. The van der Waals surface area contributed by atoms with E-state index in [2.05, 4.69) is 6.92 Å². The van der Waals surface area contributed by atoms with Crippen LogP contribution in [0.25, 0.3) is 0 Å². The van der Waals surface area contributed by atoms with Crippen LogP contribution in [0.5, 0.6) is 0 Å². The molecule has 1 saturated heterocycles. The highest BCUT2D eigenvalue weighted by Gasteiger charge is 2.44. The van der Waals surface area contributed by atoms with Crippen molar-refractivity contribution in [1.29, 1.82) is 0 Å². The standard InChI is InChI=1S/C17H29NO3/c1-2-6-14(7-10-19)13-18-15(20)11-17(12-16(18)21)8-4-3-5-9-17/h14,19H,2-13H2,1H3. The number of carbonyl (C=O) groups excluding carboxylic acids is 2. The van der Waals surface area contributed by atoms with Crippen LogP contribution in [-0.2, 0) is 9.59 Å². The van der Waals surface area contributed by atoms with Crippen LogP contribution in [0.3, 0.4) is 0 Å².